The van der Waals surface area contributed by atoms with Crippen LogP contribution in [0.5, 0.6) is 0 Å². The van der Waals surface area contributed by atoms with Crippen LogP contribution in [0.15, 0.2) is 18.2 Å². The monoisotopic (exact) mass is 285 g/mol. The second-order valence-electron chi connectivity index (χ2n) is 5.75. The lowest BCUT2D eigenvalue weighted by Gasteiger charge is -2.21. The smallest absolute Gasteiger partial charge is 0.224 e. The third-order valence-corrected chi connectivity index (χ3v) is 4.01. The highest BCUT2D eigenvalue weighted by Gasteiger charge is 2.17. The maximum absolute atomic E-state index is 12.1. The van der Waals surface area contributed by atoms with Gasteiger partial charge in [0, 0.05) is 17.7 Å². The Morgan fingerprint density at radius 2 is 2.10 bits per heavy atom. The molecule has 1 aliphatic carbocycles. The second-order valence-corrected chi connectivity index (χ2v) is 5.75. The molecule has 1 aromatic rings. The van der Waals surface area contributed by atoms with Gasteiger partial charge in [-0.3, -0.25) is 4.79 Å². The summed E-state index contributed by atoms with van der Waals surface area (Å²) in [6, 6.07) is 5.68. The number of aryl methyl sites for hydroxylation is 1. The zero-order valence-corrected chi connectivity index (χ0v) is 12.6. The molecule has 0 saturated heterocycles. The summed E-state index contributed by atoms with van der Waals surface area (Å²) in [6.45, 7) is 1.82. The molecular weight excluding hydrogens is 262 g/mol. The standard InChI is InChI=1S/C18H23NO2/c1-14-12-16(8-5-11-20)9-10-17(14)19-18(21)13-15-6-3-2-4-7-15/h9-10,12,15,20H,2-4,6-7,11,13H2,1H3,(H,19,21). The fourth-order valence-electron chi connectivity index (χ4n) is 2.88. The summed E-state index contributed by atoms with van der Waals surface area (Å²) >= 11 is 0. The van der Waals surface area contributed by atoms with Gasteiger partial charge in [-0.1, -0.05) is 31.1 Å². The number of aliphatic hydroxyl groups excluding tert-OH is 1. The van der Waals surface area contributed by atoms with Gasteiger partial charge in [-0.05, 0) is 49.4 Å². The van der Waals surface area contributed by atoms with E-state index in [2.05, 4.69) is 17.2 Å². The maximum atomic E-state index is 12.1. The van der Waals surface area contributed by atoms with E-state index < -0.39 is 0 Å². The minimum absolute atomic E-state index is 0.110. The molecule has 2 N–H and O–H groups in total. The minimum Gasteiger partial charge on any atom is -0.384 e. The molecule has 3 nitrogen and oxygen atoms in total. The summed E-state index contributed by atoms with van der Waals surface area (Å²) in [7, 11) is 0. The predicted octanol–water partition coefficient (Wildman–Crippen LogP) is 3.25. The number of anilines is 1. The van der Waals surface area contributed by atoms with Crippen LogP contribution in [0.2, 0.25) is 0 Å². The largest absolute Gasteiger partial charge is 0.384 e. The predicted molar refractivity (Wildman–Crippen MR) is 85.0 cm³/mol. The van der Waals surface area contributed by atoms with E-state index >= 15 is 0 Å². The molecule has 0 aromatic heterocycles. The van der Waals surface area contributed by atoms with Gasteiger partial charge in [-0.25, -0.2) is 0 Å². The Bertz CT molecular complexity index is 548. The number of hydrogen-bond acceptors (Lipinski definition) is 2. The second kappa shape index (κ2) is 7.85. The SMILES string of the molecule is Cc1cc(C#CCO)ccc1NC(=O)CC1CCCCC1. The van der Waals surface area contributed by atoms with Crippen LogP contribution in [-0.4, -0.2) is 17.6 Å². The van der Waals surface area contributed by atoms with Gasteiger partial charge in [0.05, 0.1) is 0 Å². The van der Waals surface area contributed by atoms with Crippen molar-refractivity contribution >= 4 is 11.6 Å². The lowest BCUT2D eigenvalue weighted by Crippen LogP contribution is -2.18. The van der Waals surface area contributed by atoms with E-state index in [0.717, 1.165) is 16.8 Å². The molecule has 1 aromatic carbocycles. The highest BCUT2D eigenvalue weighted by atomic mass is 16.2. The Hall–Kier alpha value is -1.79. The average molecular weight is 285 g/mol. The minimum atomic E-state index is -0.140. The van der Waals surface area contributed by atoms with Gasteiger partial charge in [0.25, 0.3) is 0 Å². The zero-order valence-electron chi connectivity index (χ0n) is 12.6. The highest BCUT2D eigenvalue weighted by molar-refractivity contribution is 5.91. The normalized spacial score (nSPS) is 15.1. The van der Waals surface area contributed by atoms with Gasteiger partial charge in [-0.15, -0.1) is 0 Å². The first-order valence-corrected chi connectivity index (χ1v) is 7.69. The van der Waals surface area contributed by atoms with Crippen LogP contribution in [0.1, 0.15) is 49.7 Å². The van der Waals surface area contributed by atoms with Crippen LogP contribution in [-0.2, 0) is 4.79 Å². The number of nitrogens with one attached hydrogen (secondary N) is 1. The van der Waals surface area contributed by atoms with E-state index in [9.17, 15) is 4.79 Å². The van der Waals surface area contributed by atoms with E-state index in [1.165, 1.54) is 32.1 Å². The number of rotatable bonds is 3. The number of benzene rings is 1. The summed E-state index contributed by atoms with van der Waals surface area (Å²) in [5.74, 6) is 6.15. The fraction of sp³-hybridized carbons (Fsp3) is 0.500. The first kappa shape index (κ1) is 15.6. The van der Waals surface area contributed by atoms with E-state index in [1.807, 2.05) is 25.1 Å². The molecule has 2 rings (SSSR count). The topological polar surface area (TPSA) is 49.3 Å². The Labute approximate surface area is 126 Å². The van der Waals surface area contributed by atoms with Crippen LogP contribution in [0, 0.1) is 24.7 Å². The Kier molecular flexibility index (Phi) is 5.83. The third-order valence-electron chi connectivity index (χ3n) is 4.01. The Morgan fingerprint density at radius 3 is 2.76 bits per heavy atom. The summed E-state index contributed by atoms with van der Waals surface area (Å²) in [4.78, 5) is 12.1. The number of amides is 1. The number of carbonyl (C=O) groups excluding carboxylic acids is 1. The number of carbonyl (C=O) groups is 1. The summed E-state index contributed by atoms with van der Waals surface area (Å²) in [5, 5.41) is 11.7. The van der Waals surface area contributed by atoms with E-state index in [0.29, 0.717) is 12.3 Å². The molecule has 112 valence electrons. The van der Waals surface area contributed by atoms with Gasteiger partial charge in [-0.2, -0.15) is 0 Å². The van der Waals surface area contributed by atoms with Crippen molar-refractivity contribution in [3.8, 4) is 11.8 Å². The molecule has 0 bridgehead atoms. The molecular formula is C18H23NO2. The molecule has 0 spiro atoms. The molecule has 3 heteroatoms. The quantitative estimate of drug-likeness (QED) is 0.838. The van der Waals surface area contributed by atoms with E-state index in [1.54, 1.807) is 0 Å². The first-order chi connectivity index (χ1) is 10.2. The van der Waals surface area contributed by atoms with Crippen LogP contribution in [0.25, 0.3) is 0 Å². The molecule has 1 saturated carbocycles. The molecule has 0 aliphatic heterocycles. The van der Waals surface area contributed by atoms with Crippen molar-refractivity contribution in [2.45, 2.75) is 45.4 Å². The average Bonchev–Trinajstić information content (AvgIpc) is 2.48. The van der Waals surface area contributed by atoms with Crippen molar-refractivity contribution in [1.29, 1.82) is 0 Å². The van der Waals surface area contributed by atoms with Gasteiger partial charge in [0.2, 0.25) is 5.91 Å². The molecule has 0 radical (unpaired) electrons. The van der Waals surface area contributed by atoms with E-state index in [-0.39, 0.29) is 12.5 Å². The Balaban J connectivity index is 1.94. The Morgan fingerprint density at radius 1 is 1.33 bits per heavy atom. The summed E-state index contributed by atoms with van der Waals surface area (Å²) < 4.78 is 0. The first-order valence-electron chi connectivity index (χ1n) is 7.69. The molecule has 0 heterocycles. The lowest BCUT2D eigenvalue weighted by molar-refractivity contribution is -0.117. The van der Waals surface area contributed by atoms with Gasteiger partial charge >= 0.3 is 0 Å². The van der Waals surface area contributed by atoms with Gasteiger partial charge in [0.15, 0.2) is 0 Å². The molecule has 1 amide bonds. The maximum Gasteiger partial charge on any atom is 0.224 e. The third kappa shape index (κ3) is 4.91. The lowest BCUT2D eigenvalue weighted by atomic mass is 9.87. The van der Waals surface area contributed by atoms with Crippen LogP contribution < -0.4 is 5.32 Å². The van der Waals surface area contributed by atoms with Crippen molar-refractivity contribution in [1.82, 2.24) is 0 Å². The van der Waals surface area contributed by atoms with Gasteiger partial charge in [0.1, 0.15) is 6.61 Å². The molecule has 1 fully saturated rings. The van der Waals surface area contributed by atoms with Crippen molar-refractivity contribution in [3.63, 3.8) is 0 Å². The molecule has 0 atom stereocenters. The molecule has 1 aliphatic rings. The molecule has 21 heavy (non-hydrogen) atoms. The fourth-order valence-corrected chi connectivity index (χ4v) is 2.88. The number of hydrogen-bond donors (Lipinski definition) is 2. The zero-order chi connectivity index (χ0) is 15.1. The molecule has 0 unspecified atom stereocenters. The van der Waals surface area contributed by atoms with Crippen molar-refractivity contribution in [3.05, 3.63) is 29.3 Å². The number of aliphatic hydroxyl groups is 1. The van der Waals surface area contributed by atoms with Crippen molar-refractivity contribution in [2.24, 2.45) is 5.92 Å². The van der Waals surface area contributed by atoms with Crippen molar-refractivity contribution < 1.29 is 9.90 Å². The summed E-state index contributed by atoms with van der Waals surface area (Å²) in [5.41, 5.74) is 2.70. The van der Waals surface area contributed by atoms with Crippen molar-refractivity contribution in [2.75, 3.05) is 11.9 Å². The van der Waals surface area contributed by atoms with Crippen LogP contribution in [0.4, 0.5) is 5.69 Å². The highest BCUT2D eigenvalue weighted by Crippen LogP contribution is 2.27. The van der Waals surface area contributed by atoms with Crippen LogP contribution in [0.3, 0.4) is 0 Å². The van der Waals surface area contributed by atoms with E-state index in [4.69, 9.17) is 5.11 Å². The summed E-state index contributed by atoms with van der Waals surface area (Å²) in [6.07, 6.45) is 6.83. The van der Waals surface area contributed by atoms with Gasteiger partial charge < -0.3 is 10.4 Å². The van der Waals surface area contributed by atoms with Crippen LogP contribution >= 0.6 is 0 Å².